The van der Waals surface area contributed by atoms with Crippen LogP contribution in [0.1, 0.15) is 5.56 Å². The molecule has 0 unspecified atom stereocenters. The Morgan fingerprint density at radius 3 is 2.37 bits per heavy atom. The van der Waals surface area contributed by atoms with E-state index in [9.17, 15) is 18.4 Å². The number of carbonyl (C=O) groups is 2. The molecule has 0 aromatic heterocycles. The molecule has 0 fully saturated rings. The number of hydrogen-bond acceptors (Lipinski definition) is 4. The Balaban J connectivity index is 1.82. The van der Waals surface area contributed by atoms with E-state index in [4.69, 9.17) is 9.47 Å². The summed E-state index contributed by atoms with van der Waals surface area (Å²) in [4.78, 5) is 23.3. The summed E-state index contributed by atoms with van der Waals surface area (Å²) in [5.74, 6) is -2.81. The van der Waals surface area contributed by atoms with Crippen molar-refractivity contribution in [2.45, 2.75) is 0 Å². The van der Waals surface area contributed by atoms with Crippen LogP contribution in [0.5, 0.6) is 5.75 Å². The van der Waals surface area contributed by atoms with E-state index in [1.807, 2.05) is 5.32 Å². The van der Waals surface area contributed by atoms with Gasteiger partial charge in [-0.1, -0.05) is 30.9 Å². The third kappa shape index (κ3) is 6.39. The lowest BCUT2D eigenvalue weighted by molar-refractivity contribution is -0.142. The smallest absolute Gasteiger partial charge is 0.331 e. The SMILES string of the molecule is C=CCOc1ccc(/C=C/C(=O)OCC(=O)Nc2c(F)cccc2F)cc1. The van der Waals surface area contributed by atoms with Crippen molar-refractivity contribution in [2.24, 2.45) is 0 Å². The first-order chi connectivity index (χ1) is 13.0. The normalized spacial score (nSPS) is 10.4. The highest BCUT2D eigenvalue weighted by Gasteiger charge is 2.12. The van der Waals surface area contributed by atoms with Gasteiger partial charge in [-0.2, -0.15) is 0 Å². The van der Waals surface area contributed by atoms with Crippen molar-refractivity contribution in [3.63, 3.8) is 0 Å². The molecule has 1 amide bonds. The lowest BCUT2D eigenvalue weighted by Gasteiger charge is -2.07. The minimum atomic E-state index is -0.921. The number of halogens is 2. The maximum atomic E-state index is 13.4. The number of para-hydroxylation sites is 1. The molecule has 0 aliphatic rings. The van der Waals surface area contributed by atoms with Gasteiger partial charge in [-0.05, 0) is 35.9 Å². The number of hydrogen-bond donors (Lipinski definition) is 1. The van der Waals surface area contributed by atoms with Crippen LogP contribution in [0.4, 0.5) is 14.5 Å². The van der Waals surface area contributed by atoms with E-state index in [0.29, 0.717) is 12.4 Å². The largest absolute Gasteiger partial charge is 0.490 e. The van der Waals surface area contributed by atoms with Gasteiger partial charge < -0.3 is 14.8 Å². The van der Waals surface area contributed by atoms with Crippen LogP contribution in [-0.4, -0.2) is 25.1 Å². The molecule has 2 rings (SSSR count). The number of carbonyl (C=O) groups excluding carboxylic acids is 2. The highest BCUT2D eigenvalue weighted by Crippen LogP contribution is 2.17. The summed E-state index contributed by atoms with van der Waals surface area (Å²) in [6.07, 6.45) is 4.26. The zero-order valence-electron chi connectivity index (χ0n) is 14.3. The van der Waals surface area contributed by atoms with Crippen molar-refractivity contribution in [2.75, 3.05) is 18.5 Å². The van der Waals surface area contributed by atoms with Crippen molar-refractivity contribution in [3.05, 3.63) is 78.4 Å². The first kappa shape index (κ1) is 19.8. The number of amides is 1. The second-order valence-electron chi connectivity index (χ2n) is 5.25. The monoisotopic (exact) mass is 373 g/mol. The summed E-state index contributed by atoms with van der Waals surface area (Å²) < 4.78 is 36.9. The third-order valence-corrected chi connectivity index (χ3v) is 3.23. The first-order valence-electron chi connectivity index (χ1n) is 7.92. The maximum absolute atomic E-state index is 13.4. The number of nitrogens with one attached hydrogen (secondary N) is 1. The van der Waals surface area contributed by atoms with Gasteiger partial charge in [-0.15, -0.1) is 0 Å². The number of esters is 1. The molecule has 0 radical (unpaired) electrons. The van der Waals surface area contributed by atoms with Gasteiger partial charge in [0, 0.05) is 6.08 Å². The average molecular weight is 373 g/mol. The fraction of sp³-hybridized carbons (Fsp3) is 0.100. The van der Waals surface area contributed by atoms with Crippen molar-refractivity contribution in [1.82, 2.24) is 0 Å². The van der Waals surface area contributed by atoms with Crippen molar-refractivity contribution in [3.8, 4) is 5.75 Å². The van der Waals surface area contributed by atoms with Gasteiger partial charge in [0.2, 0.25) is 0 Å². The molecule has 0 atom stereocenters. The Kier molecular flexibility index (Phi) is 7.25. The van der Waals surface area contributed by atoms with Crippen LogP contribution in [0.15, 0.2) is 61.2 Å². The Morgan fingerprint density at radius 2 is 1.74 bits per heavy atom. The van der Waals surface area contributed by atoms with Crippen LogP contribution in [-0.2, 0) is 14.3 Å². The van der Waals surface area contributed by atoms with Crippen LogP contribution in [0.3, 0.4) is 0 Å². The highest BCUT2D eigenvalue weighted by molar-refractivity contribution is 5.94. The molecule has 0 saturated carbocycles. The molecule has 7 heteroatoms. The molecule has 2 aromatic carbocycles. The Morgan fingerprint density at radius 1 is 1.07 bits per heavy atom. The molecule has 0 bridgehead atoms. The van der Waals surface area contributed by atoms with E-state index in [1.54, 1.807) is 30.3 Å². The average Bonchev–Trinajstić information content (AvgIpc) is 2.67. The lowest BCUT2D eigenvalue weighted by atomic mass is 10.2. The van der Waals surface area contributed by atoms with Crippen LogP contribution in [0, 0.1) is 11.6 Å². The second-order valence-corrected chi connectivity index (χ2v) is 5.25. The quantitative estimate of drug-likeness (QED) is 0.435. The van der Waals surface area contributed by atoms with Crippen molar-refractivity contribution < 1.29 is 27.8 Å². The Hall–Kier alpha value is -3.48. The van der Waals surface area contributed by atoms with E-state index in [1.165, 1.54) is 12.1 Å². The molecule has 0 spiro atoms. The van der Waals surface area contributed by atoms with Gasteiger partial charge in [-0.25, -0.2) is 13.6 Å². The van der Waals surface area contributed by atoms with Crippen LogP contribution >= 0.6 is 0 Å². The minimum absolute atomic E-state index is 0.389. The Labute approximate surface area is 154 Å². The third-order valence-electron chi connectivity index (χ3n) is 3.23. The second kappa shape index (κ2) is 9.86. The predicted molar refractivity (Wildman–Crippen MR) is 97.1 cm³/mol. The van der Waals surface area contributed by atoms with Gasteiger partial charge in [0.1, 0.15) is 29.7 Å². The molecule has 0 heterocycles. The van der Waals surface area contributed by atoms with Gasteiger partial charge in [-0.3, -0.25) is 4.79 Å². The summed E-state index contributed by atoms with van der Waals surface area (Å²) in [5, 5.41) is 2.02. The predicted octanol–water partition coefficient (Wildman–Crippen LogP) is 3.72. The fourth-order valence-electron chi connectivity index (χ4n) is 1.97. The molecule has 1 N–H and O–H groups in total. The maximum Gasteiger partial charge on any atom is 0.331 e. The molecule has 0 aliphatic carbocycles. The Bertz CT molecular complexity index is 827. The zero-order valence-corrected chi connectivity index (χ0v) is 14.3. The van der Waals surface area contributed by atoms with E-state index in [0.717, 1.165) is 23.8 Å². The number of rotatable bonds is 8. The minimum Gasteiger partial charge on any atom is -0.490 e. The summed E-state index contributed by atoms with van der Waals surface area (Å²) in [6, 6.07) is 10.1. The number of anilines is 1. The van der Waals surface area contributed by atoms with Crippen LogP contribution in [0.2, 0.25) is 0 Å². The molecular formula is C20H17F2NO4. The molecule has 2 aromatic rings. The van der Waals surface area contributed by atoms with Crippen LogP contribution < -0.4 is 10.1 Å². The van der Waals surface area contributed by atoms with Crippen molar-refractivity contribution in [1.29, 1.82) is 0 Å². The molecule has 0 saturated heterocycles. The van der Waals surface area contributed by atoms with E-state index < -0.39 is 35.8 Å². The fourth-order valence-corrected chi connectivity index (χ4v) is 1.97. The topological polar surface area (TPSA) is 64.6 Å². The zero-order chi connectivity index (χ0) is 19.6. The van der Waals surface area contributed by atoms with Gasteiger partial charge in [0.05, 0.1) is 0 Å². The first-order valence-corrected chi connectivity index (χ1v) is 7.92. The summed E-state index contributed by atoms with van der Waals surface area (Å²) in [6.45, 7) is 3.26. The van der Waals surface area contributed by atoms with Gasteiger partial charge in [0.15, 0.2) is 6.61 Å². The molecule has 27 heavy (non-hydrogen) atoms. The molecule has 5 nitrogen and oxygen atoms in total. The molecule has 140 valence electrons. The number of ether oxygens (including phenoxy) is 2. The number of benzene rings is 2. The molecule has 0 aliphatic heterocycles. The molecular weight excluding hydrogens is 356 g/mol. The van der Waals surface area contributed by atoms with Gasteiger partial charge >= 0.3 is 5.97 Å². The highest BCUT2D eigenvalue weighted by atomic mass is 19.1. The van der Waals surface area contributed by atoms with Crippen molar-refractivity contribution >= 4 is 23.6 Å². The standard InChI is InChI=1S/C20H17F2NO4/c1-2-12-26-15-9-6-14(7-10-15)8-11-19(25)27-13-18(24)23-20-16(21)4-3-5-17(20)22/h2-11H,1,12-13H2,(H,23,24)/b11-8+. The van der Waals surface area contributed by atoms with E-state index in [2.05, 4.69) is 6.58 Å². The van der Waals surface area contributed by atoms with Gasteiger partial charge in [0.25, 0.3) is 5.91 Å². The summed E-state index contributed by atoms with van der Waals surface area (Å²) in [7, 11) is 0. The summed E-state index contributed by atoms with van der Waals surface area (Å²) in [5.41, 5.74) is 0.128. The summed E-state index contributed by atoms with van der Waals surface area (Å²) >= 11 is 0. The van der Waals surface area contributed by atoms with E-state index in [-0.39, 0.29) is 0 Å². The van der Waals surface area contributed by atoms with Crippen LogP contribution in [0.25, 0.3) is 6.08 Å². The van der Waals surface area contributed by atoms with E-state index >= 15 is 0 Å². The lowest BCUT2D eigenvalue weighted by Crippen LogP contribution is -2.21.